The first kappa shape index (κ1) is 13.2. The molecule has 0 heterocycles. The average Bonchev–Trinajstić information content (AvgIpc) is 1.85. The molecule has 0 bridgehead atoms. The minimum absolute atomic E-state index is 0.264. The summed E-state index contributed by atoms with van der Waals surface area (Å²) in [6.45, 7) is 11.7. The van der Waals surface area contributed by atoms with Gasteiger partial charge in [0, 0.05) is 5.57 Å². The minimum Gasteiger partial charge on any atom is -0.478 e. The Kier molecular flexibility index (Phi) is 9.32. The Morgan fingerprint density at radius 3 is 1.73 bits per heavy atom. The van der Waals surface area contributed by atoms with Crippen molar-refractivity contribution in [2.75, 3.05) is 20.0 Å². The maximum Gasteiger partial charge on any atom is 0.330 e. The molecule has 0 radical (unpaired) electrons. The van der Waals surface area contributed by atoms with Crippen molar-refractivity contribution < 1.29 is 9.90 Å². The van der Waals surface area contributed by atoms with Crippen LogP contribution in [0.5, 0.6) is 0 Å². The highest BCUT2D eigenvalue weighted by molar-refractivity contribution is 7.55. The van der Waals surface area contributed by atoms with Crippen LogP contribution in [-0.4, -0.2) is 31.1 Å². The van der Waals surface area contributed by atoms with Crippen molar-refractivity contribution in [1.82, 2.24) is 0 Å². The number of hydrogen-bond donors (Lipinski definition) is 1. The second-order valence-electron chi connectivity index (χ2n) is 2.60. The van der Waals surface area contributed by atoms with E-state index in [2.05, 4.69) is 26.6 Å². The zero-order chi connectivity index (χ0) is 9.44. The van der Waals surface area contributed by atoms with Gasteiger partial charge in [0.25, 0.3) is 0 Å². The molecule has 0 aromatic carbocycles. The van der Waals surface area contributed by atoms with E-state index in [0.29, 0.717) is 14.3 Å². The highest BCUT2D eigenvalue weighted by Gasteiger charge is 1.96. The first-order valence-electron chi connectivity index (χ1n) is 3.43. The summed E-state index contributed by atoms with van der Waals surface area (Å²) in [4.78, 5) is 9.83. The molecular weight excluding hydrogens is 159 g/mol. The van der Waals surface area contributed by atoms with Crippen LogP contribution in [0.25, 0.3) is 0 Å². The van der Waals surface area contributed by atoms with E-state index in [1.807, 2.05) is 0 Å². The Labute approximate surface area is 70.1 Å². The highest BCUT2D eigenvalue weighted by atomic mass is 31.1. The molecule has 0 aliphatic carbocycles. The fourth-order valence-electron chi connectivity index (χ4n) is 0.151. The molecule has 1 N–H and O–H groups in total. The molecular formula is C8H17O2P. The van der Waals surface area contributed by atoms with Gasteiger partial charge in [-0.25, -0.2) is 4.79 Å². The van der Waals surface area contributed by atoms with Gasteiger partial charge < -0.3 is 5.11 Å². The van der Waals surface area contributed by atoms with Crippen molar-refractivity contribution in [3.8, 4) is 0 Å². The summed E-state index contributed by atoms with van der Waals surface area (Å²) in [5.74, 6) is -0.900. The number of hydrogen-bond acceptors (Lipinski definition) is 1. The monoisotopic (exact) mass is 176 g/mol. The Balaban J connectivity index is 0. The molecule has 0 amide bonds. The third-order valence-electron chi connectivity index (χ3n) is 0.729. The van der Waals surface area contributed by atoms with Crippen molar-refractivity contribution in [2.24, 2.45) is 0 Å². The summed E-state index contributed by atoms with van der Waals surface area (Å²) < 4.78 is 0. The first-order valence-corrected chi connectivity index (χ1v) is 6.12. The molecule has 2 nitrogen and oxygen atoms in total. The van der Waals surface area contributed by atoms with Crippen LogP contribution in [0.3, 0.4) is 0 Å². The summed E-state index contributed by atoms with van der Waals surface area (Å²) in [6.07, 6.45) is 0.523. The second kappa shape index (κ2) is 7.74. The van der Waals surface area contributed by atoms with E-state index in [-0.39, 0.29) is 5.57 Å². The van der Waals surface area contributed by atoms with Crippen LogP contribution < -0.4 is 0 Å². The zero-order valence-electron chi connectivity index (χ0n) is 7.72. The van der Waals surface area contributed by atoms with Crippen LogP contribution in [0.15, 0.2) is 12.2 Å². The molecule has 66 valence electrons. The van der Waals surface area contributed by atoms with Crippen molar-refractivity contribution in [2.45, 2.75) is 13.3 Å². The molecule has 11 heavy (non-hydrogen) atoms. The fraction of sp³-hybridized carbons (Fsp3) is 0.625. The molecule has 0 spiro atoms. The molecule has 0 aliphatic rings. The predicted molar refractivity (Wildman–Crippen MR) is 51.8 cm³/mol. The number of aliphatic carboxylic acids is 1. The van der Waals surface area contributed by atoms with Crippen molar-refractivity contribution in [3.05, 3.63) is 12.2 Å². The average molecular weight is 176 g/mol. The highest BCUT2D eigenvalue weighted by Crippen LogP contribution is 2.14. The maximum absolute atomic E-state index is 9.83. The summed E-state index contributed by atoms with van der Waals surface area (Å²) in [7, 11) is 0.380. The van der Waals surface area contributed by atoms with Gasteiger partial charge in [-0.15, -0.1) is 7.92 Å². The third kappa shape index (κ3) is 17.7. The Bertz CT molecular complexity index is 127. The number of carboxylic acids is 1. The molecule has 3 heteroatoms. The van der Waals surface area contributed by atoms with Gasteiger partial charge in [0.15, 0.2) is 0 Å². The van der Waals surface area contributed by atoms with Gasteiger partial charge in [0.1, 0.15) is 0 Å². The lowest BCUT2D eigenvalue weighted by Crippen LogP contribution is -1.95. The SMILES string of the molecule is C=C(CC)C(=O)O.CP(C)C. The quantitative estimate of drug-likeness (QED) is 0.518. The summed E-state index contributed by atoms with van der Waals surface area (Å²) in [6, 6.07) is 0. The molecule has 0 unspecified atom stereocenters. The van der Waals surface area contributed by atoms with Crippen molar-refractivity contribution in [1.29, 1.82) is 0 Å². The van der Waals surface area contributed by atoms with Crippen LogP contribution in [0.2, 0.25) is 0 Å². The number of carboxylic acid groups (broad SMARTS) is 1. The normalized spacial score (nSPS) is 8.45. The van der Waals surface area contributed by atoms with Crippen molar-refractivity contribution >= 4 is 13.9 Å². The van der Waals surface area contributed by atoms with Crippen LogP contribution >= 0.6 is 7.92 Å². The summed E-state index contributed by atoms with van der Waals surface area (Å²) in [5, 5.41) is 8.08. The van der Waals surface area contributed by atoms with Gasteiger partial charge in [-0.3, -0.25) is 0 Å². The van der Waals surface area contributed by atoms with E-state index in [1.165, 1.54) is 0 Å². The molecule has 0 rings (SSSR count). The Morgan fingerprint density at radius 1 is 1.45 bits per heavy atom. The van der Waals surface area contributed by atoms with E-state index in [0.717, 1.165) is 0 Å². The van der Waals surface area contributed by atoms with Crippen molar-refractivity contribution in [3.63, 3.8) is 0 Å². The molecule has 0 atom stereocenters. The maximum atomic E-state index is 9.83. The number of rotatable bonds is 2. The topological polar surface area (TPSA) is 37.3 Å². The Morgan fingerprint density at radius 2 is 1.73 bits per heavy atom. The lowest BCUT2D eigenvalue weighted by atomic mass is 10.2. The van der Waals surface area contributed by atoms with Gasteiger partial charge in [-0.05, 0) is 26.4 Å². The molecule has 0 saturated carbocycles. The van der Waals surface area contributed by atoms with Gasteiger partial charge in [-0.1, -0.05) is 13.5 Å². The largest absolute Gasteiger partial charge is 0.478 e. The van der Waals surface area contributed by atoms with Gasteiger partial charge in [-0.2, -0.15) is 0 Å². The van der Waals surface area contributed by atoms with Crippen LogP contribution in [0, 0.1) is 0 Å². The number of carbonyl (C=O) groups is 1. The van der Waals surface area contributed by atoms with Gasteiger partial charge in [0.05, 0.1) is 0 Å². The lowest BCUT2D eigenvalue weighted by Gasteiger charge is -1.87. The molecule has 0 saturated heterocycles. The molecule has 0 aromatic heterocycles. The smallest absolute Gasteiger partial charge is 0.330 e. The standard InChI is InChI=1S/C5H8O2.C3H9P/c1-3-4(2)5(6)7;1-4(2)3/h2-3H2,1H3,(H,6,7);1-3H3. The minimum atomic E-state index is -0.900. The van der Waals surface area contributed by atoms with Crippen LogP contribution in [-0.2, 0) is 4.79 Å². The molecule has 0 aromatic rings. The summed E-state index contributed by atoms with van der Waals surface area (Å²) >= 11 is 0. The lowest BCUT2D eigenvalue weighted by molar-refractivity contribution is -0.132. The van der Waals surface area contributed by atoms with E-state index in [4.69, 9.17) is 5.11 Å². The van der Waals surface area contributed by atoms with E-state index < -0.39 is 5.97 Å². The first-order chi connectivity index (χ1) is 4.91. The zero-order valence-corrected chi connectivity index (χ0v) is 8.61. The Hall–Kier alpha value is -0.360. The van der Waals surface area contributed by atoms with E-state index >= 15 is 0 Å². The van der Waals surface area contributed by atoms with E-state index in [1.54, 1.807) is 6.92 Å². The molecule has 0 fully saturated rings. The second-order valence-corrected chi connectivity index (χ2v) is 5.29. The fourth-order valence-corrected chi connectivity index (χ4v) is 0.151. The third-order valence-corrected chi connectivity index (χ3v) is 0.729. The van der Waals surface area contributed by atoms with Gasteiger partial charge >= 0.3 is 5.97 Å². The summed E-state index contributed by atoms with van der Waals surface area (Å²) in [5.41, 5.74) is 0.264. The predicted octanol–water partition coefficient (Wildman–Crippen LogP) is 2.39. The van der Waals surface area contributed by atoms with Crippen LogP contribution in [0.4, 0.5) is 0 Å². The van der Waals surface area contributed by atoms with E-state index in [9.17, 15) is 4.79 Å². The van der Waals surface area contributed by atoms with Crippen LogP contribution in [0.1, 0.15) is 13.3 Å². The van der Waals surface area contributed by atoms with Gasteiger partial charge in [0.2, 0.25) is 0 Å². The molecule has 0 aliphatic heterocycles.